The van der Waals surface area contributed by atoms with Crippen molar-refractivity contribution < 1.29 is 0 Å². The SMILES string of the molecule is c1ccc(-c2cc(-c3ccccc3)c(-c3cccc(Nc4ccc(-c5cc6ccccc6c6ccccc56)cc4)c3)c(-c3ccccc3)c2)cc1. The largest absolute Gasteiger partial charge is 0.356 e. The molecule has 0 saturated heterocycles. The Hall–Kier alpha value is -6.70. The molecule has 0 spiro atoms. The van der Waals surface area contributed by atoms with E-state index < -0.39 is 0 Å². The zero-order valence-corrected chi connectivity index (χ0v) is 28.1. The Morgan fingerprint density at radius 1 is 0.255 bits per heavy atom. The van der Waals surface area contributed by atoms with E-state index in [1.807, 2.05) is 0 Å². The van der Waals surface area contributed by atoms with Crippen LogP contribution in [-0.2, 0) is 0 Å². The van der Waals surface area contributed by atoms with Crippen LogP contribution in [0.4, 0.5) is 11.4 Å². The zero-order chi connectivity index (χ0) is 34.0. The van der Waals surface area contributed by atoms with Crippen LogP contribution in [0, 0.1) is 0 Å². The summed E-state index contributed by atoms with van der Waals surface area (Å²) in [5.74, 6) is 0. The van der Waals surface area contributed by atoms with E-state index in [1.54, 1.807) is 0 Å². The topological polar surface area (TPSA) is 12.0 Å². The van der Waals surface area contributed by atoms with Crippen LogP contribution in [0.2, 0.25) is 0 Å². The normalized spacial score (nSPS) is 11.1. The van der Waals surface area contributed by atoms with Gasteiger partial charge in [-0.05, 0) is 120 Å². The molecule has 0 aliphatic carbocycles. The second-order valence-corrected chi connectivity index (χ2v) is 13.0. The van der Waals surface area contributed by atoms with E-state index in [0.717, 1.165) is 16.9 Å². The highest BCUT2D eigenvalue weighted by atomic mass is 14.9. The smallest absolute Gasteiger partial charge is 0.0390 e. The first-order chi connectivity index (χ1) is 25.3. The van der Waals surface area contributed by atoms with Gasteiger partial charge in [-0.25, -0.2) is 0 Å². The molecule has 0 amide bonds. The number of fused-ring (bicyclic) bond motifs is 3. The van der Waals surface area contributed by atoms with Crippen LogP contribution < -0.4 is 5.32 Å². The molecule has 0 aromatic heterocycles. The van der Waals surface area contributed by atoms with E-state index in [1.165, 1.54) is 71.6 Å². The molecule has 1 heteroatoms. The van der Waals surface area contributed by atoms with E-state index in [4.69, 9.17) is 0 Å². The average Bonchev–Trinajstić information content (AvgIpc) is 3.21. The molecule has 0 heterocycles. The minimum absolute atomic E-state index is 1.04. The summed E-state index contributed by atoms with van der Waals surface area (Å²) in [5.41, 5.74) is 14.1. The fraction of sp³-hybridized carbons (Fsp3) is 0. The molecule has 9 aromatic rings. The van der Waals surface area contributed by atoms with Gasteiger partial charge >= 0.3 is 0 Å². The zero-order valence-electron chi connectivity index (χ0n) is 28.1. The molecule has 240 valence electrons. The number of hydrogen-bond acceptors (Lipinski definition) is 1. The molecule has 0 atom stereocenters. The van der Waals surface area contributed by atoms with E-state index in [9.17, 15) is 0 Å². The Morgan fingerprint density at radius 3 is 1.41 bits per heavy atom. The average molecular weight is 650 g/mol. The molecule has 0 unspecified atom stereocenters. The van der Waals surface area contributed by atoms with Gasteiger partial charge in [0.25, 0.3) is 0 Å². The van der Waals surface area contributed by atoms with Crippen LogP contribution in [0.5, 0.6) is 0 Å². The molecule has 1 nitrogen and oxygen atoms in total. The summed E-state index contributed by atoms with van der Waals surface area (Å²) < 4.78 is 0. The third kappa shape index (κ3) is 5.96. The van der Waals surface area contributed by atoms with Gasteiger partial charge in [0.1, 0.15) is 0 Å². The van der Waals surface area contributed by atoms with Crippen molar-refractivity contribution in [1.82, 2.24) is 0 Å². The monoisotopic (exact) mass is 649 g/mol. The summed E-state index contributed by atoms with van der Waals surface area (Å²) in [5, 5.41) is 8.81. The fourth-order valence-corrected chi connectivity index (χ4v) is 7.39. The first kappa shape index (κ1) is 30.4. The van der Waals surface area contributed by atoms with Crippen LogP contribution >= 0.6 is 0 Å². The van der Waals surface area contributed by atoms with Crippen LogP contribution in [0.3, 0.4) is 0 Å². The highest BCUT2D eigenvalue weighted by molar-refractivity contribution is 6.13. The van der Waals surface area contributed by atoms with Gasteiger partial charge in [-0.15, -0.1) is 0 Å². The lowest BCUT2D eigenvalue weighted by atomic mass is 9.84. The minimum Gasteiger partial charge on any atom is -0.356 e. The van der Waals surface area contributed by atoms with Gasteiger partial charge in [0, 0.05) is 11.4 Å². The maximum atomic E-state index is 3.72. The Labute approximate surface area is 299 Å². The summed E-state index contributed by atoms with van der Waals surface area (Å²) >= 11 is 0. The molecule has 1 N–H and O–H groups in total. The Morgan fingerprint density at radius 2 is 0.765 bits per heavy atom. The van der Waals surface area contributed by atoms with Crippen molar-refractivity contribution in [2.24, 2.45) is 0 Å². The van der Waals surface area contributed by atoms with Gasteiger partial charge in [0.2, 0.25) is 0 Å². The van der Waals surface area contributed by atoms with E-state index in [2.05, 4.69) is 212 Å². The Bertz CT molecular complexity index is 2560. The summed E-state index contributed by atoms with van der Waals surface area (Å²) in [7, 11) is 0. The second kappa shape index (κ2) is 13.3. The molecular weight excluding hydrogens is 615 g/mol. The van der Waals surface area contributed by atoms with Crippen LogP contribution in [0.1, 0.15) is 0 Å². The predicted octanol–water partition coefficient (Wildman–Crippen LogP) is 14.1. The highest BCUT2D eigenvalue weighted by Gasteiger charge is 2.18. The van der Waals surface area contributed by atoms with Gasteiger partial charge in [-0.1, -0.05) is 164 Å². The van der Waals surface area contributed by atoms with E-state index in [-0.39, 0.29) is 0 Å². The molecule has 0 aliphatic rings. The minimum atomic E-state index is 1.04. The van der Waals surface area contributed by atoms with Gasteiger partial charge in [-0.3, -0.25) is 0 Å². The summed E-state index contributed by atoms with van der Waals surface area (Å²) in [6.45, 7) is 0. The van der Waals surface area contributed by atoms with Crippen molar-refractivity contribution >= 4 is 32.9 Å². The molecule has 0 radical (unpaired) electrons. The number of benzene rings is 9. The van der Waals surface area contributed by atoms with Crippen molar-refractivity contribution in [2.75, 3.05) is 5.32 Å². The second-order valence-electron chi connectivity index (χ2n) is 13.0. The number of nitrogens with one attached hydrogen (secondary N) is 1. The fourth-order valence-electron chi connectivity index (χ4n) is 7.39. The number of rotatable bonds is 7. The maximum absolute atomic E-state index is 3.72. The van der Waals surface area contributed by atoms with Crippen molar-refractivity contribution in [3.63, 3.8) is 0 Å². The van der Waals surface area contributed by atoms with Gasteiger partial charge in [-0.2, -0.15) is 0 Å². The molecule has 9 rings (SSSR count). The first-order valence-corrected chi connectivity index (χ1v) is 17.5. The lowest BCUT2D eigenvalue weighted by molar-refractivity contribution is 1.52. The highest BCUT2D eigenvalue weighted by Crippen LogP contribution is 2.44. The van der Waals surface area contributed by atoms with Crippen LogP contribution in [0.15, 0.2) is 206 Å². The number of anilines is 2. The maximum Gasteiger partial charge on any atom is 0.0390 e. The summed E-state index contributed by atoms with van der Waals surface area (Å²) in [4.78, 5) is 0. The summed E-state index contributed by atoms with van der Waals surface area (Å²) in [6.07, 6.45) is 0. The quantitative estimate of drug-likeness (QED) is 0.169. The van der Waals surface area contributed by atoms with Gasteiger partial charge in [0.05, 0.1) is 0 Å². The third-order valence-electron chi connectivity index (χ3n) is 9.82. The standard InChI is InChI=1S/C50H35N/c1-4-15-35(16-5-1)41-33-48(36-17-6-2-7-18-36)50(49(34-41)37-19-8-3-9-20-37)40-22-14-23-43(31-40)51-42-29-27-38(28-30-42)47-32-39-21-10-11-24-44(39)45-25-12-13-26-46(45)47/h1-34,51H. The lowest BCUT2D eigenvalue weighted by Gasteiger charge is -2.20. The van der Waals surface area contributed by atoms with Crippen molar-refractivity contribution in [3.05, 3.63) is 206 Å². The van der Waals surface area contributed by atoms with Gasteiger partial charge in [0.15, 0.2) is 0 Å². The predicted molar refractivity (Wildman–Crippen MR) is 218 cm³/mol. The molecular formula is C50H35N. The summed E-state index contributed by atoms with van der Waals surface area (Å²) in [6, 6.07) is 74.2. The molecule has 0 saturated carbocycles. The molecule has 51 heavy (non-hydrogen) atoms. The van der Waals surface area contributed by atoms with Gasteiger partial charge < -0.3 is 5.32 Å². The van der Waals surface area contributed by atoms with Crippen LogP contribution in [-0.4, -0.2) is 0 Å². The third-order valence-corrected chi connectivity index (χ3v) is 9.82. The molecule has 0 fully saturated rings. The molecule has 9 aromatic carbocycles. The van der Waals surface area contributed by atoms with E-state index in [0.29, 0.717) is 0 Å². The van der Waals surface area contributed by atoms with Crippen molar-refractivity contribution in [3.8, 4) is 55.6 Å². The Balaban J connectivity index is 1.12. The van der Waals surface area contributed by atoms with Crippen molar-refractivity contribution in [2.45, 2.75) is 0 Å². The van der Waals surface area contributed by atoms with Crippen molar-refractivity contribution in [1.29, 1.82) is 0 Å². The Kier molecular flexibility index (Phi) is 7.92. The first-order valence-electron chi connectivity index (χ1n) is 17.5. The van der Waals surface area contributed by atoms with E-state index >= 15 is 0 Å². The molecule has 0 aliphatic heterocycles. The number of hydrogen-bond donors (Lipinski definition) is 1. The van der Waals surface area contributed by atoms with Crippen LogP contribution in [0.25, 0.3) is 77.2 Å². The lowest BCUT2D eigenvalue weighted by Crippen LogP contribution is -1.95. The molecule has 0 bridgehead atoms.